The van der Waals surface area contributed by atoms with E-state index in [0.717, 1.165) is 25.8 Å². The van der Waals surface area contributed by atoms with Crippen molar-refractivity contribution in [2.75, 3.05) is 6.54 Å². The summed E-state index contributed by atoms with van der Waals surface area (Å²) in [7, 11) is 0. The third-order valence-corrected chi connectivity index (χ3v) is 5.22. The molecule has 2 nitrogen and oxygen atoms in total. The maximum Gasteiger partial charge on any atom is 0.0702 e. The molecule has 1 aromatic rings. The van der Waals surface area contributed by atoms with Gasteiger partial charge in [0.1, 0.15) is 0 Å². The van der Waals surface area contributed by atoms with Crippen molar-refractivity contribution in [2.45, 2.75) is 57.1 Å². The van der Waals surface area contributed by atoms with Gasteiger partial charge in [-0.2, -0.15) is 0 Å². The van der Waals surface area contributed by atoms with Crippen molar-refractivity contribution >= 4 is 0 Å². The summed E-state index contributed by atoms with van der Waals surface area (Å²) in [4.78, 5) is 0. The zero-order chi connectivity index (χ0) is 13.3. The van der Waals surface area contributed by atoms with Crippen molar-refractivity contribution in [2.24, 2.45) is 5.92 Å². The maximum atomic E-state index is 10.9. The standard InChI is InChI=1S/C17H25NO/c1-13-6-2-3-7-14(13)12-16-15-8-4-5-9-17(15,19)10-11-18-16/h2-3,6-7,15-16,18-19H,4-5,8-12H2,1H3. The van der Waals surface area contributed by atoms with Crippen LogP contribution >= 0.6 is 0 Å². The SMILES string of the molecule is Cc1ccccc1CC1NCCC2(O)CCCCC12. The highest BCUT2D eigenvalue weighted by molar-refractivity contribution is 5.27. The Labute approximate surface area is 116 Å². The molecule has 1 aliphatic heterocycles. The van der Waals surface area contributed by atoms with E-state index in [9.17, 15) is 5.11 Å². The smallest absolute Gasteiger partial charge is 0.0702 e. The van der Waals surface area contributed by atoms with Crippen molar-refractivity contribution in [3.8, 4) is 0 Å². The fourth-order valence-electron chi connectivity index (χ4n) is 4.04. The number of aryl methyl sites for hydroxylation is 1. The Balaban J connectivity index is 1.78. The van der Waals surface area contributed by atoms with Crippen LogP contribution in [0.1, 0.15) is 43.2 Å². The van der Waals surface area contributed by atoms with E-state index < -0.39 is 5.60 Å². The highest BCUT2D eigenvalue weighted by Gasteiger charge is 2.45. The topological polar surface area (TPSA) is 32.3 Å². The number of benzene rings is 1. The summed E-state index contributed by atoms with van der Waals surface area (Å²) >= 11 is 0. The molecular formula is C17H25NO. The zero-order valence-electron chi connectivity index (χ0n) is 11.9. The Morgan fingerprint density at radius 2 is 2.11 bits per heavy atom. The predicted molar refractivity (Wildman–Crippen MR) is 78.2 cm³/mol. The number of fused-ring (bicyclic) bond motifs is 1. The first kappa shape index (κ1) is 13.1. The Kier molecular flexibility index (Phi) is 3.64. The molecule has 0 radical (unpaired) electrons. The molecule has 19 heavy (non-hydrogen) atoms. The van der Waals surface area contributed by atoms with Crippen LogP contribution in [-0.4, -0.2) is 23.3 Å². The zero-order valence-corrected chi connectivity index (χ0v) is 11.9. The Morgan fingerprint density at radius 3 is 2.95 bits per heavy atom. The molecule has 104 valence electrons. The van der Waals surface area contributed by atoms with Crippen molar-refractivity contribution in [3.63, 3.8) is 0 Å². The molecule has 2 N–H and O–H groups in total. The molecule has 0 spiro atoms. The maximum absolute atomic E-state index is 10.9. The van der Waals surface area contributed by atoms with Crippen LogP contribution in [0.25, 0.3) is 0 Å². The Bertz CT molecular complexity index is 441. The van der Waals surface area contributed by atoms with Gasteiger partial charge in [0, 0.05) is 12.0 Å². The second kappa shape index (κ2) is 5.26. The summed E-state index contributed by atoms with van der Waals surface area (Å²) < 4.78 is 0. The molecule has 3 unspecified atom stereocenters. The highest BCUT2D eigenvalue weighted by atomic mass is 16.3. The number of hydrogen-bond acceptors (Lipinski definition) is 2. The van der Waals surface area contributed by atoms with Crippen molar-refractivity contribution in [1.29, 1.82) is 0 Å². The summed E-state index contributed by atoms with van der Waals surface area (Å²) in [6.07, 6.45) is 6.65. The van der Waals surface area contributed by atoms with Gasteiger partial charge >= 0.3 is 0 Å². The first-order valence-corrected chi connectivity index (χ1v) is 7.69. The molecule has 0 bridgehead atoms. The molecule has 2 fully saturated rings. The normalized spacial score (nSPS) is 34.8. The number of hydrogen-bond donors (Lipinski definition) is 2. The lowest BCUT2D eigenvalue weighted by Crippen LogP contribution is -2.58. The van der Waals surface area contributed by atoms with Gasteiger partial charge in [-0.25, -0.2) is 0 Å². The largest absolute Gasteiger partial charge is 0.389 e. The average molecular weight is 259 g/mol. The minimum Gasteiger partial charge on any atom is -0.389 e. The van der Waals surface area contributed by atoms with Crippen molar-refractivity contribution < 1.29 is 5.11 Å². The van der Waals surface area contributed by atoms with Crippen LogP contribution in [0.2, 0.25) is 0 Å². The van der Waals surface area contributed by atoms with Gasteiger partial charge in [0.15, 0.2) is 0 Å². The minimum atomic E-state index is -0.392. The van der Waals surface area contributed by atoms with Gasteiger partial charge in [-0.15, -0.1) is 0 Å². The van der Waals surface area contributed by atoms with Crippen LogP contribution < -0.4 is 5.32 Å². The van der Waals surface area contributed by atoms with Gasteiger partial charge in [-0.1, -0.05) is 37.1 Å². The van der Waals surface area contributed by atoms with Gasteiger partial charge in [0.25, 0.3) is 0 Å². The third-order valence-electron chi connectivity index (χ3n) is 5.22. The molecule has 1 saturated carbocycles. The van der Waals surface area contributed by atoms with Crippen molar-refractivity contribution in [3.05, 3.63) is 35.4 Å². The molecule has 3 rings (SSSR count). The molecule has 3 atom stereocenters. The summed E-state index contributed by atoms with van der Waals surface area (Å²) in [5, 5.41) is 14.5. The number of aliphatic hydroxyl groups is 1. The molecule has 2 aliphatic rings. The van der Waals surface area contributed by atoms with E-state index in [1.165, 1.54) is 30.4 Å². The molecule has 1 saturated heterocycles. The predicted octanol–water partition coefficient (Wildman–Crippen LogP) is 2.82. The van der Waals surface area contributed by atoms with E-state index in [-0.39, 0.29) is 0 Å². The molecule has 0 aromatic heterocycles. The van der Waals surface area contributed by atoms with E-state index >= 15 is 0 Å². The Morgan fingerprint density at radius 1 is 1.26 bits per heavy atom. The molecule has 1 heterocycles. The van der Waals surface area contributed by atoms with Crippen LogP contribution in [0, 0.1) is 12.8 Å². The van der Waals surface area contributed by atoms with E-state index in [2.05, 4.69) is 36.5 Å². The molecule has 1 aliphatic carbocycles. The molecule has 1 aromatic carbocycles. The minimum absolute atomic E-state index is 0.392. The van der Waals surface area contributed by atoms with Crippen LogP contribution in [0.15, 0.2) is 24.3 Å². The fraction of sp³-hybridized carbons (Fsp3) is 0.647. The molecular weight excluding hydrogens is 234 g/mol. The van der Waals surface area contributed by atoms with E-state index in [4.69, 9.17) is 0 Å². The summed E-state index contributed by atoms with van der Waals surface area (Å²) in [6.45, 7) is 3.15. The van der Waals surface area contributed by atoms with E-state index in [1.807, 2.05) is 0 Å². The number of rotatable bonds is 2. The average Bonchev–Trinajstić information content (AvgIpc) is 2.41. The number of nitrogens with one attached hydrogen (secondary N) is 1. The van der Waals surface area contributed by atoms with Crippen LogP contribution in [0.4, 0.5) is 0 Å². The molecule has 0 amide bonds. The first-order valence-electron chi connectivity index (χ1n) is 7.69. The summed E-state index contributed by atoms with van der Waals surface area (Å²) in [6, 6.07) is 9.08. The second-order valence-electron chi connectivity index (χ2n) is 6.40. The lowest BCUT2D eigenvalue weighted by Gasteiger charge is -2.48. The monoisotopic (exact) mass is 259 g/mol. The quantitative estimate of drug-likeness (QED) is 0.856. The molecule has 2 heteroatoms. The van der Waals surface area contributed by atoms with Gasteiger partial charge < -0.3 is 10.4 Å². The van der Waals surface area contributed by atoms with Crippen LogP contribution in [-0.2, 0) is 6.42 Å². The van der Waals surface area contributed by atoms with Crippen LogP contribution in [0.5, 0.6) is 0 Å². The van der Waals surface area contributed by atoms with Gasteiger partial charge in [-0.05, 0) is 50.3 Å². The van der Waals surface area contributed by atoms with Gasteiger partial charge in [0.2, 0.25) is 0 Å². The van der Waals surface area contributed by atoms with Crippen molar-refractivity contribution in [1.82, 2.24) is 5.32 Å². The Hall–Kier alpha value is -0.860. The lowest BCUT2D eigenvalue weighted by molar-refractivity contribution is -0.0850. The third kappa shape index (κ3) is 2.56. The number of piperidine rings is 1. The fourth-order valence-corrected chi connectivity index (χ4v) is 4.04. The lowest BCUT2D eigenvalue weighted by atomic mass is 9.67. The van der Waals surface area contributed by atoms with E-state index in [0.29, 0.717) is 12.0 Å². The summed E-state index contributed by atoms with van der Waals surface area (Å²) in [5.74, 6) is 0.439. The second-order valence-corrected chi connectivity index (χ2v) is 6.40. The van der Waals surface area contributed by atoms with Crippen LogP contribution in [0.3, 0.4) is 0 Å². The highest BCUT2D eigenvalue weighted by Crippen LogP contribution is 2.41. The summed E-state index contributed by atoms with van der Waals surface area (Å²) in [5.41, 5.74) is 2.40. The van der Waals surface area contributed by atoms with Gasteiger partial charge in [-0.3, -0.25) is 0 Å². The first-order chi connectivity index (χ1) is 9.19. The van der Waals surface area contributed by atoms with E-state index in [1.54, 1.807) is 0 Å². The van der Waals surface area contributed by atoms with Gasteiger partial charge in [0.05, 0.1) is 5.60 Å².